The van der Waals surface area contributed by atoms with E-state index in [0.29, 0.717) is 12.8 Å². The van der Waals surface area contributed by atoms with Gasteiger partial charge in [0.05, 0.1) is 11.4 Å². The molecule has 0 atom stereocenters. The number of benzene rings is 2. The molecule has 2 heterocycles. The van der Waals surface area contributed by atoms with Crippen molar-refractivity contribution in [2.24, 2.45) is 0 Å². The fourth-order valence-corrected chi connectivity index (χ4v) is 4.15. The van der Waals surface area contributed by atoms with Crippen molar-refractivity contribution in [3.63, 3.8) is 0 Å². The standard InChI is InChI=1S/C26H28N4O/c1-5-20-10-9-11-21(16-20)28-24(31)15-14-23-17(2)25-19(4)29-30(26(25)27-18(23)3)22-12-7-6-8-13-22/h6-13,16H,5,14-15H2,1-4H3,(H,28,31). The van der Waals surface area contributed by atoms with Crippen LogP contribution in [-0.2, 0) is 17.6 Å². The molecule has 4 rings (SSSR count). The van der Waals surface area contributed by atoms with Gasteiger partial charge in [-0.2, -0.15) is 5.10 Å². The van der Waals surface area contributed by atoms with Crippen molar-refractivity contribution in [1.29, 1.82) is 0 Å². The van der Waals surface area contributed by atoms with E-state index in [0.717, 1.165) is 51.3 Å². The minimum Gasteiger partial charge on any atom is -0.326 e. The number of nitrogens with zero attached hydrogens (tertiary/aromatic N) is 3. The molecule has 31 heavy (non-hydrogen) atoms. The first-order valence-corrected chi connectivity index (χ1v) is 10.8. The largest absolute Gasteiger partial charge is 0.326 e. The summed E-state index contributed by atoms with van der Waals surface area (Å²) in [4.78, 5) is 17.5. The Bertz CT molecular complexity index is 1240. The number of nitrogens with one attached hydrogen (secondary N) is 1. The molecule has 0 fully saturated rings. The average Bonchev–Trinajstić information content (AvgIpc) is 3.10. The SMILES string of the molecule is CCc1cccc(NC(=O)CCc2c(C)nc3c(c(C)nn3-c3ccccc3)c2C)c1. The van der Waals surface area contributed by atoms with Crippen LogP contribution in [0.1, 0.15) is 41.4 Å². The summed E-state index contributed by atoms with van der Waals surface area (Å²) in [5.41, 5.74) is 8.10. The summed E-state index contributed by atoms with van der Waals surface area (Å²) in [6.45, 7) is 8.25. The Labute approximate surface area is 183 Å². The maximum atomic E-state index is 12.6. The number of hydrogen-bond donors (Lipinski definition) is 1. The molecule has 1 amide bonds. The van der Waals surface area contributed by atoms with Crippen molar-refractivity contribution in [1.82, 2.24) is 14.8 Å². The van der Waals surface area contributed by atoms with Gasteiger partial charge in [0.1, 0.15) is 0 Å². The highest BCUT2D eigenvalue weighted by Crippen LogP contribution is 2.28. The lowest BCUT2D eigenvalue weighted by Crippen LogP contribution is -2.13. The lowest BCUT2D eigenvalue weighted by atomic mass is 9.99. The molecule has 0 aliphatic heterocycles. The first-order valence-electron chi connectivity index (χ1n) is 10.8. The summed E-state index contributed by atoms with van der Waals surface area (Å²) in [6.07, 6.45) is 2.01. The number of rotatable bonds is 6. The molecule has 1 N–H and O–H groups in total. The molecule has 0 radical (unpaired) electrons. The van der Waals surface area contributed by atoms with E-state index in [1.54, 1.807) is 0 Å². The van der Waals surface area contributed by atoms with E-state index in [-0.39, 0.29) is 5.91 Å². The summed E-state index contributed by atoms with van der Waals surface area (Å²) < 4.78 is 1.90. The Kier molecular flexibility index (Phi) is 5.85. The third kappa shape index (κ3) is 4.22. The van der Waals surface area contributed by atoms with Crippen LogP contribution in [0.4, 0.5) is 5.69 Å². The Morgan fingerprint density at radius 2 is 1.77 bits per heavy atom. The maximum Gasteiger partial charge on any atom is 0.224 e. The monoisotopic (exact) mass is 412 g/mol. The number of aryl methyl sites for hydroxylation is 4. The first kappa shape index (κ1) is 20.8. The molecule has 0 bridgehead atoms. The van der Waals surface area contributed by atoms with Crippen LogP contribution < -0.4 is 5.32 Å². The highest BCUT2D eigenvalue weighted by molar-refractivity contribution is 5.91. The number of pyridine rings is 1. The van der Waals surface area contributed by atoms with Crippen molar-refractivity contribution in [2.75, 3.05) is 5.32 Å². The number of fused-ring (bicyclic) bond motifs is 1. The molecule has 2 aromatic carbocycles. The van der Waals surface area contributed by atoms with E-state index in [1.165, 1.54) is 5.56 Å². The maximum absolute atomic E-state index is 12.6. The fourth-order valence-electron chi connectivity index (χ4n) is 4.15. The number of hydrogen-bond acceptors (Lipinski definition) is 3. The summed E-state index contributed by atoms with van der Waals surface area (Å²) >= 11 is 0. The quantitative estimate of drug-likeness (QED) is 0.456. The molecule has 0 saturated heterocycles. The van der Waals surface area contributed by atoms with Gasteiger partial charge in [0, 0.05) is 23.2 Å². The third-order valence-corrected chi connectivity index (χ3v) is 5.80. The predicted octanol–water partition coefficient (Wildman–Crippen LogP) is 5.48. The second-order valence-electron chi connectivity index (χ2n) is 7.93. The van der Waals surface area contributed by atoms with Crippen molar-refractivity contribution >= 4 is 22.6 Å². The molecule has 5 nitrogen and oxygen atoms in total. The molecule has 2 aromatic heterocycles. The van der Waals surface area contributed by atoms with Gasteiger partial charge in [-0.3, -0.25) is 4.79 Å². The van der Waals surface area contributed by atoms with Crippen molar-refractivity contribution < 1.29 is 4.79 Å². The van der Waals surface area contributed by atoms with Crippen LogP contribution in [0.15, 0.2) is 54.6 Å². The Balaban J connectivity index is 1.58. The van der Waals surface area contributed by atoms with Crippen molar-refractivity contribution in [2.45, 2.75) is 47.0 Å². The number of carbonyl (C=O) groups is 1. The zero-order valence-corrected chi connectivity index (χ0v) is 18.6. The van der Waals surface area contributed by atoms with Gasteiger partial charge in [-0.1, -0.05) is 37.3 Å². The minimum atomic E-state index is 0.0175. The van der Waals surface area contributed by atoms with E-state index >= 15 is 0 Å². The number of para-hydroxylation sites is 1. The second-order valence-corrected chi connectivity index (χ2v) is 7.93. The van der Waals surface area contributed by atoms with Gasteiger partial charge < -0.3 is 5.32 Å². The van der Waals surface area contributed by atoms with E-state index < -0.39 is 0 Å². The van der Waals surface area contributed by atoms with Gasteiger partial charge in [0.25, 0.3) is 0 Å². The molecule has 0 spiro atoms. The van der Waals surface area contributed by atoms with Gasteiger partial charge in [-0.15, -0.1) is 0 Å². The molecular formula is C26H28N4O. The molecule has 5 heteroatoms. The van der Waals surface area contributed by atoms with Gasteiger partial charge in [0.15, 0.2) is 5.65 Å². The summed E-state index contributed by atoms with van der Waals surface area (Å²) in [6, 6.07) is 18.1. The highest BCUT2D eigenvalue weighted by Gasteiger charge is 2.18. The Morgan fingerprint density at radius 1 is 1.00 bits per heavy atom. The van der Waals surface area contributed by atoms with Gasteiger partial charge >= 0.3 is 0 Å². The van der Waals surface area contributed by atoms with Gasteiger partial charge in [-0.25, -0.2) is 9.67 Å². The second kappa shape index (κ2) is 8.72. The summed E-state index contributed by atoms with van der Waals surface area (Å²) in [7, 11) is 0. The lowest BCUT2D eigenvalue weighted by Gasteiger charge is -2.12. The van der Waals surface area contributed by atoms with Crippen molar-refractivity contribution in [3.8, 4) is 5.69 Å². The summed E-state index contributed by atoms with van der Waals surface area (Å²) in [5, 5.41) is 8.84. The molecule has 0 unspecified atom stereocenters. The molecule has 4 aromatic rings. The van der Waals surface area contributed by atoms with Gasteiger partial charge in [0.2, 0.25) is 5.91 Å². The Hall–Kier alpha value is -3.47. The molecule has 158 valence electrons. The first-order chi connectivity index (χ1) is 15.0. The topological polar surface area (TPSA) is 59.8 Å². The average molecular weight is 413 g/mol. The zero-order valence-electron chi connectivity index (χ0n) is 18.6. The van der Waals surface area contributed by atoms with Crippen LogP contribution >= 0.6 is 0 Å². The van der Waals surface area contributed by atoms with E-state index in [9.17, 15) is 4.79 Å². The van der Waals surface area contributed by atoms with E-state index in [1.807, 2.05) is 67.1 Å². The van der Waals surface area contributed by atoms with Crippen LogP contribution in [0.2, 0.25) is 0 Å². The van der Waals surface area contributed by atoms with Crippen LogP contribution in [-0.4, -0.2) is 20.7 Å². The van der Waals surface area contributed by atoms with Gasteiger partial charge in [-0.05, 0) is 74.6 Å². The van der Waals surface area contributed by atoms with Crippen LogP contribution in [0, 0.1) is 20.8 Å². The molecule has 0 saturated carbocycles. The minimum absolute atomic E-state index is 0.0175. The smallest absolute Gasteiger partial charge is 0.224 e. The van der Waals surface area contributed by atoms with Crippen molar-refractivity contribution in [3.05, 3.63) is 82.7 Å². The van der Waals surface area contributed by atoms with E-state index in [2.05, 4.69) is 25.2 Å². The zero-order chi connectivity index (χ0) is 22.0. The number of aromatic nitrogens is 3. The third-order valence-electron chi connectivity index (χ3n) is 5.80. The fraction of sp³-hybridized carbons (Fsp3) is 0.269. The highest BCUT2D eigenvalue weighted by atomic mass is 16.1. The van der Waals surface area contributed by atoms with Crippen LogP contribution in [0.3, 0.4) is 0 Å². The molecule has 0 aliphatic carbocycles. The van der Waals surface area contributed by atoms with Crippen LogP contribution in [0.25, 0.3) is 16.7 Å². The Morgan fingerprint density at radius 3 is 2.52 bits per heavy atom. The summed E-state index contributed by atoms with van der Waals surface area (Å²) in [5.74, 6) is 0.0175. The number of carbonyl (C=O) groups excluding carboxylic acids is 1. The van der Waals surface area contributed by atoms with E-state index in [4.69, 9.17) is 10.1 Å². The number of amides is 1. The number of anilines is 1. The lowest BCUT2D eigenvalue weighted by molar-refractivity contribution is -0.116. The predicted molar refractivity (Wildman–Crippen MR) is 126 cm³/mol. The van der Waals surface area contributed by atoms with Crippen LogP contribution in [0.5, 0.6) is 0 Å². The molecular weight excluding hydrogens is 384 g/mol. The molecule has 0 aliphatic rings. The normalized spacial score (nSPS) is 11.1.